The van der Waals surface area contributed by atoms with E-state index in [-0.39, 0.29) is 17.3 Å². The van der Waals surface area contributed by atoms with Crippen LogP contribution in [0, 0.1) is 6.92 Å². The SMILES string of the molecule is CCOc1cc(/C=C2\N=C(c3ccccc3C)OC2=O)ccc1OC(=O)c1ccc(Cl)cc1. The van der Waals surface area contributed by atoms with Crippen LogP contribution in [0.1, 0.15) is 34.0 Å². The molecule has 0 aromatic heterocycles. The van der Waals surface area contributed by atoms with Gasteiger partial charge in [-0.2, -0.15) is 0 Å². The molecule has 0 unspecified atom stereocenters. The van der Waals surface area contributed by atoms with E-state index in [4.69, 9.17) is 25.8 Å². The third kappa shape index (κ3) is 5.13. The maximum atomic E-state index is 12.5. The molecule has 0 fully saturated rings. The molecule has 3 aromatic rings. The lowest BCUT2D eigenvalue weighted by Gasteiger charge is -2.11. The molecule has 6 nitrogen and oxygen atoms in total. The van der Waals surface area contributed by atoms with Crippen molar-refractivity contribution in [2.24, 2.45) is 4.99 Å². The Morgan fingerprint density at radius 2 is 1.82 bits per heavy atom. The molecule has 0 N–H and O–H groups in total. The van der Waals surface area contributed by atoms with Crippen molar-refractivity contribution in [3.8, 4) is 11.5 Å². The Bertz CT molecular complexity index is 1280. The molecule has 1 heterocycles. The van der Waals surface area contributed by atoms with E-state index in [0.29, 0.717) is 28.5 Å². The Hall–Kier alpha value is -3.90. The summed E-state index contributed by atoms with van der Waals surface area (Å²) in [7, 11) is 0. The number of benzene rings is 3. The van der Waals surface area contributed by atoms with Crippen molar-refractivity contribution in [1.29, 1.82) is 0 Å². The van der Waals surface area contributed by atoms with E-state index in [9.17, 15) is 9.59 Å². The molecule has 0 saturated heterocycles. The molecular formula is C26H20ClNO5. The molecule has 33 heavy (non-hydrogen) atoms. The molecule has 0 aliphatic carbocycles. The van der Waals surface area contributed by atoms with Crippen molar-refractivity contribution in [2.75, 3.05) is 6.61 Å². The molecule has 0 atom stereocenters. The van der Waals surface area contributed by atoms with Crippen LogP contribution < -0.4 is 9.47 Å². The van der Waals surface area contributed by atoms with Gasteiger partial charge in [-0.1, -0.05) is 35.9 Å². The molecule has 1 aliphatic rings. The minimum Gasteiger partial charge on any atom is -0.490 e. The van der Waals surface area contributed by atoms with Crippen LogP contribution in [0.15, 0.2) is 77.4 Å². The van der Waals surface area contributed by atoms with E-state index in [2.05, 4.69) is 4.99 Å². The number of hydrogen-bond donors (Lipinski definition) is 0. The van der Waals surface area contributed by atoms with Gasteiger partial charge < -0.3 is 14.2 Å². The Morgan fingerprint density at radius 3 is 2.55 bits per heavy atom. The van der Waals surface area contributed by atoms with Crippen LogP contribution in [0.4, 0.5) is 0 Å². The van der Waals surface area contributed by atoms with Gasteiger partial charge in [-0.15, -0.1) is 0 Å². The van der Waals surface area contributed by atoms with Crippen molar-refractivity contribution in [3.63, 3.8) is 0 Å². The van der Waals surface area contributed by atoms with Crippen LogP contribution in [0.25, 0.3) is 6.08 Å². The number of cyclic esters (lactones) is 1. The summed E-state index contributed by atoms with van der Waals surface area (Å²) in [6.45, 7) is 4.11. The summed E-state index contributed by atoms with van der Waals surface area (Å²) in [5, 5.41) is 0.526. The van der Waals surface area contributed by atoms with Crippen LogP contribution in [-0.4, -0.2) is 24.4 Å². The number of rotatable bonds is 6. The second-order valence-corrected chi connectivity index (χ2v) is 7.62. The fourth-order valence-corrected chi connectivity index (χ4v) is 3.33. The zero-order valence-electron chi connectivity index (χ0n) is 18.0. The second-order valence-electron chi connectivity index (χ2n) is 7.19. The third-order valence-electron chi connectivity index (χ3n) is 4.85. The third-order valence-corrected chi connectivity index (χ3v) is 5.10. The lowest BCUT2D eigenvalue weighted by molar-refractivity contribution is -0.129. The second kappa shape index (κ2) is 9.71. The van der Waals surface area contributed by atoms with Crippen LogP contribution in [0.5, 0.6) is 11.5 Å². The van der Waals surface area contributed by atoms with Gasteiger partial charge in [0.15, 0.2) is 17.2 Å². The molecule has 7 heteroatoms. The molecule has 0 bridgehead atoms. The first kappa shape index (κ1) is 22.3. The lowest BCUT2D eigenvalue weighted by Crippen LogP contribution is -2.09. The van der Waals surface area contributed by atoms with E-state index in [0.717, 1.165) is 11.1 Å². The molecule has 166 valence electrons. The Kier molecular flexibility index (Phi) is 6.56. The highest BCUT2D eigenvalue weighted by Gasteiger charge is 2.25. The molecule has 0 spiro atoms. The Morgan fingerprint density at radius 1 is 1.06 bits per heavy atom. The highest BCUT2D eigenvalue weighted by atomic mass is 35.5. The summed E-state index contributed by atoms with van der Waals surface area (Å²) in [4.78, 5) is 29.2. The van der Waals surface area contributed by atoms with E-state index >= 15 is 0 Å². The van der Waals surface area contributed by atoms with E-state index in [1.54, 1.807) is 48.5 Å². The highest BCUT2D eigenvalue weighted by molar-refractivity contribution is 6.30. The maximum absolute atomic E-state index is 12.5. The number of aliphatic imine (C=N–C) groups is 1. The van der Waals surface area contributed by atoms with Gasteiger partial charge in [0, 0.05) is 10.6 Å². The van der Waals surface area contributed by atoms with Crippen molar-refractivity contribution in [1.82, 2.24) is 0 Å². The minimum absolute atomic E-state index is 0.168. The normalized spacial score (nSPS) is 14.1. The zero-order valence-corrected chi connectivity index (χ0v) is 18.8. The number of hydrogen-bond acceptors (Lipinski definition) is 6. The molecular weight excluding hydrogens is 442 g/mol. The summed E-state index contributed by atoms with van der Waals surface area (Å²) in [6.07, 6.45) is 1.60. The van der Waals surface area contributed by atoms with Gasteiger partial charge >= 0.3 is 11.9 Å². The molecule has 0 saturated carbocycles. The summed E-state index contributed by atoms with van der Waals surface area (Å²) in [5.41, 5.74) is 2.89. The van der Waals surface area contributed by atoms with Gasteiger partial charge in [-0.05, 0) is 73.5 Å². The van der Waals surface area contributed by atoms with E-state index in [1.165, 1.54) is 0 Å². The lowest BCUT2D eigenvalue weighted by atomic mass is 10.1. The first-order chi connectivity index (χ1) is 15.9. The highest BCUT2D eigenvalue weighted by Crippen LogP contribution is 2.31. The standard InChI is InChI=1S/C26H20ClNO5/c1-3-31-23-15-17(8-13-22(23)32-25(29)18-9-11-19(27)12-10-18)14-21-26(30)33-24(28-21)20-7-5-4-6-16(20)2/h4-15H,3H2,1-2H3/b21-14-. The molecule has 3 aromatic carbocycles. The van der Waals surface area contributed by atoms with Crippen LogP contribution in [0.3, 0.4) is 0 Å². The average Bonchev–Trinajstić information content (AvgIpc) is 3.16. The number of carbonyl (C=O) groups is 2. The fourth-order valence-electron chi connectivity index (χ4n) is 3.21. The molecule has 1 aliphatic heterocycles. The zero-order chi connectivity index (χ0) is 23.4. The number of aryl methyl sites for hydroxylation is 1. The number of nitrogens with zero attached hydrogens (tertiary/aromatic N) is 1. The summed E-state index contributed by atoms with van der Waals surface area (Å²) >= 11 is 5.87. The number of esters is 2. The Labute approximate surface area is 196 Å². The van der Waals surface area contributed by atoms with Gasteiger partial charge in [-0.3, -0.25) is 0 Å². The summed E-state index contributed by atoms with van der Waals surface area (Å²) < 4.78 is 16.5. The van der Waals surface area contributed by atoms with Crippen molar-refractivity contribution < 1.29 is 23.8 Å². The summed E-state index contributed by atoms with van der Waals surface area (Å²) in [6, 6.07) is 18.9. The van der Waals surface area contributed by atoms with Gasteiger partial charge in [0.1, 0.15) is 0 Å². The number of carbonyl (C=O) groups excluding carboxylic acids is 2. The van der Waals surface area contributed by atoms with Crippen LogP contribution in [0.2, 0.25) is 5.02 Å². The summed E-state index contributed by atoms with van der Waals surface area (Å²) in [5.74, 6) is -0.182. The molecule has 0 radical (unpaired) electrons. The van der Waals surface area contributed by atoms with Crippen molar-refractivity contribution in [3.05, 3.63) is 99.7 Å². The fraction of sp³-hybridized carbons (Fsp3) is 0.115. The maximum Gasteiger partial charge on any atom is 0.363 e. The predicted octanol–water partition coefficient (Wildman–Crippen LogP) is 5.61. The number of ether oxygens (including phenoxy) is 3. The van der Waals surface area contributed by atoms with Crippen LogP contribution in [-0.2, 0) is 9.53 Å². The monoisotopic (exact) mass is 461 g/mol. The minimum atomic E-state index is -0.538. The largest absolute Gasteiger partial charge is 0.490 e. The Balaban J connectivity index is 1.60. The van der Waals surface area contributed by atoms with Crippen molar-refractivity contribution >= 4 is 35.5 Å². The van der Waals surface area contributed by atoms with E-state index in [1.807, 2.05) is 38.1 Å². The van der Waals surface area contributed by atoms with Crippen molar-refractivity contribution in [2.45, 2.75) is 13.8 Å². The van der Waals surface area contributed by atoms with Gasteiger partial charge in [0.05, 0.1) is 12.2 Å². The van der Waals surface area contributed by atoms with Gasteiger partial charge in [-0.25, -0.2) is 14.6 Å². The van der Waals surface area contributed by atoms with Gasteiger partial charge in [0.25, 0.3) is 0 Å². The predicted molar refractivity (Wildman–Crippen MR) is 126 cm³/mol. The number of halogens is 1. The first-order valence-corrected chi connectivity index (χ1v) is 10.7. The molecule has 0 amide bonds. The quantitative estimate of drug-likeness (QED) is 0.271. The van der Waals surface area contributed by atoms with Crippen LogP contribution >= 0.6 is 11.6 Å². The average molecular weight is 462 g/mol. The van der Waals surface area contributed by atoms with E-state index < -0.39 is 11.9 Å². The smallest absolute Gasteiger partial charge is 0.363 e. The first-order valence-electron chi connectivity index (χ1n) is 10.3. The molecule has 4 rings (SSSR count). The van der Waals surface area contributed by atoms with Gasteiger partial charge in [0.2, 0.25) is 5.90 Å². The topological polar surface area (TPSA) is 74.2 Å².